The van der Waals surface area contributed by atoms with Crippen molar-refractivity contribution in [3.63, 3.8) is 0 Å². The highest BCUT2D eigenvalue weighted by Gasteiger charge is 2.12. The van der Waals surface area contributed by atoms with Gasteiger partial charge in [0, 0.05) is 23.5 Å². The molecule has 2 N–H and O–H groups in total. The van der Waals surface area contributed by atoms with Gasteiger partial charge in [0.1, 0.15) is 0 Å². The highest BCUT2D eigenvalue weighted by Crippen LogP contribution is 2.28. The van der Waals surface area contributed by atoms with Gasteiger partial charge in [-0.1, -0.05) is 19.1 Å². The molecule has 0 unspecified atom stereocenters. The van der Waals surface area contributed by atoms with Crippen molar-refractivity contribution >= 4 is 5.69 Å². The lowest BCUT2D eigenvalue weighted by Gasteiger charge is -2.05. The van der Waals surface area contributed by atoms with Crippen molar-refractivity contribution < 1.29 is 0 Å². The Balaban J connectivity index is 2.52. The van der Waals surface area contributed by atoms with Crippen LogP contribution in [0.3, 0.4) is 0 Å². The molecular formula is C14H19N3. The lowest BCUT2D eigenvalue weighted by atomic mass is 10.0. The van der Waals surface area contributed by atoms with E-state index in [4.69, 9.17) is 5.73 Å². The molecule has 17 heavy (non-hydrogen) atoms. The molecule has 0 saturated heterocycles. The fraction of sp³-hybridized carbons (Fsp3) is 0.357. The summed E-state index contributed by atoms with van der Waals surface area (Å²) in [4.78, 5) is 0. The zero-order chi connectivity index (χ0) is 12.4. The third-order valence-electron chi connectivity index (χ3n) is 2.99. The standard InChI is InChI=1S/C14H19N3/c1-4-8-17-11(3)14(10(2)16-17)12-6-5-7-13(15)9-12/h5-7,9H,4,8,15H2,1-3H3. The van der Waals surface area contributed by atoms with Gasteiger partial charge in [-0.15, -0.1) is 0 Å². The molecule has 0 amide bonds. The highest BCUT2D eigenvalue weighted by molar-refractivity contribution is 5.71. The maximum atomic E-state index is 5.83. The number of nitrogens with zero attached hydrogens (tertiary/aromatic N) is 2. The molecule has 1 aromatic carbocycles. The molecule has 3 heteroatoms. The van der Waals surface area contributed by atoms with E-state index in [9.17, 15) is 0 Å². The van der Waals surface area contributed by atoms with Gasteiger partial charge in [-0.05, 0) is 38.0 Å². The average molecular weight is 229 g/mol. The third-order valence-corrected chi connectivity index (χ3v) is 2.99. The minimum atomic E-state index is 0.796. The van der Waals surface area contributed by atoms with Gasteiger partial charge in [0.25, 0.3) is 0 Å². The molecule has 2 rings (SSSR count). The van der Waals surface area contributed by atoms with E-state index in [-0.39, 0.29) is 0 Å². The summed E-state index contributed by atoms with van der Waals surface area (Å²) in [6, 6.07) is 7.99. The van der Waals surface area contributed by atoms with Crippen molar-refractivity contribution in [2.24, 2.45) is 0 Å². The minimum Gasteiger partial charge on any atom is -0.399 e. The summed E-state index contributed by atoms with van der Waals surface area (Å²) in [5.41, 5.74) is 11.3. The van der Waals surface area contributed by atoms with Gasteiger partial charge in [-0.3, -0.25) is 4.68 Å². The first-order chi connectivity index (χ1) is 8.13. The lowest BCUT2D eigenvalue weighted by molar-refractivity contribution is 0.583. The number of hydrogen-bond acceptors (Lipinski definition) is 2. The van der Waals surface area contributed by atoms with E-state index in [1.807, 2.05) is 18.2 Å². The van der Waals surface area contributed by atoms with Crippen molar-refractivity contribution in [3.05, 3.63) is 35.7 Å². The van der Waals surface area contributed by atoms with Crippen LogP contribution in [0.5, 0.6) is 0 Å². The van der Waals surface area contributed by atoms with Gasteiger partial charge in [0.05, 0.1) is 5.69 Å². The van der Waals surface area contributed by atoms with Gasteiger partial charge in [-0.25, -0.2) is 0 Å². The highest BCUT2D eigenvalue weighted by atomic mass is 15.3. The molecule has 1 heterocycles. The van der Waals surface area contributed by atoms with E-state index >= 15 is 0 Å². The van der Waals surface area contributed by atoms with Crippen molar-refractivity contribution in [3.8, 4) is 11.1 Å². The second-order valence-electron chi connectivity index (χ2n) is 4.39. The van der Waals surface area contributed by atoms with E-state index in [1.54, 1.807) is 0 Å². The molecule has 0 aliphatic rings. The summed E-state index contributed by atoms with van der Waals surface area (Å²) >= 11 is 0. The topological polar surface area (TPSA) is 43.8 Å². The molecular weight excluding hydrogens is 210 g/mol. The first kappa shape index (κ1) is 11.7. The Morgan fingerprint density at radius 2 is 2.06 bits per heavy atom. The number of anilines is 1. The molecule has 2 aromatic rings. The van der Waals surface area contributed by atoms with Crippen LogP contribution in [0.15, 0.2) is 24.3 Å². The quantitative estimate of drug-likeness (QED) is 0.822. The van der Waals surface area contributed by atoms with Crippen LogP contribution >= 0.6 is 0 Å². The second-order valence-corrected chi connectivity index (χ2v) is 4.39. The minimum absolute atomic E-state index is 0.796. The Kier molecular flexibility index (Phi) is 3.18. The predicted molar refractivity (Wildman–Crippen MR) is 71.8 cm³/mol. The van der Waals surface area contributed by atoms with Crippen LogP contribution in [-0.2, 0) is 6.54 Å². The normalized spacial score (nSPS) is 10.8. The fourth-order valence-electron chi connectivity index (χ4n) is 2.24. The van der Waals surface area contributed by atoms with Crippen molar-refractivity contribution in [2.75, 3.05) is 5.73 Å². The second kappa shape index (κ2) is 4.62. The molecule has 0 fully saturated rings. The SMILES string of the molecule is CCCn1nc(C)c(-c2cccc(N)c2)c1C. The maximum Gasteiger partial charge on any atom is 0.0674 e. The van der Waals surface area contributed by atoms with Crippen LogP contribution in [0, 0.1) is 13.8 Å². The zero-order valence-electron chi connectivity index (χ0n) is 10.7. The lowest BCUT2D eigenvalue weighted by Crippen LogP contribution is -2.01. The number of aryl methyl sites for hydroxylation is 2. The summed E-state index contributed by atoms with van der Waals surface area (Å²) in [5.74, 6) is 0. The molecule has 0 saturated carbocycles. The van der Waals surface area contributed by atoms with Gasteiger partial charge >= 0.3 is 0 Å². The van der Waals surface area contributed by atoms with Crippen LogP contribution in [0.2, 0.25) is 0 Å². The van der Waals surface area contributed by atoms with Gasteiger partial charge in [0.15, 0.2) is 0 Å². The molecule has 0 radical (unpaired) electrons. The van der Waals surface area contributed by atoms with Crippen molar-refractivity contribution in [1.29, 1.82) is 0 Å². The zero-order valence-corrected chi connectivity index (χ0v) is 10.7. The smallest absolute Gasteiger partial charge is 0.0674 e. The molecule has 0 bridgehead atoms. The average Bonchev–Trinajstić information content (AvgIpc) is 2.55. The monoisotopic (exact) mass is 229 g/mol. The molecule has 1 aromatic heterocycles. The summed E-state index contributed by atoms with van der Waals surface area (Å²) in [6.45, 7) is 7.30. The molecule has 0 spiro atoms. The maximum absolute atomic E-state index is 5.83. The first-order valence-corrected chi connectivity index (χ1v) is 6.03. The van der Waals surface area contributed by atoms with Crippen molar-refractivity contribution in [1.82, 2.24) is 9.78 Å². The number of hydrogen-bond donors (Lipinski definition) is 1. The molecule has 3 nitrogen and oxygen atoms in total. The van der Waals surface area contributed by atoms with Crippen LogP contribution in [0.1, 0.15) is 24.7 Å². The van der Waals surface area contributed by atoms with E-state index < -0.39 is 0 Å². The molecule has 0 aliphatic carbocycles. The van der Waals surface area contributed by atoms with Crippen LogP contribution in [-0.4, -0.2) is 9.78 Å². The predicted octanol–water partition coefficient (Wildman–Crippen LogP) is 3.16. The summed E-state index contributed by atoms with van der Waals surface area (Å²) in [6.07, 6.45) is 1.10. The number of nitrogens with two attached hydrogens (primary N) is 1. The summed E-state index contributed by atoms with van der Waals surface area (Å²) in [5, 5.41) is 4.58. The fourth-order valence-corrected chi connectivity index (χ4v) is 2.24. The summed E-state index contributed by atoms with van der Waals surface area (Å²) < 4.78 is 2.08. The Hall–Kier alpha value is -1.77. The Morgan fingerprint density at radius 1 is 1.29 bits per heavy atom. The largest absolute Gasteiger partial charge is 0.399 e. The van der Waals surface area contributed by atoms with E-state index in [0.29, 0.717) is 0 Å². The van der Waals surface area contributed by atoms with Gasteiger partial charge < -0.3 is 5.73 Å². The number of aromatic nitrogens is 2. The number of benzene rings is 1. The molecule has 90 valence electrons. The Labute approximate surface area is 102 Å². The number of nitrogen functional groups attached to an aromatic ring is 1. The van der Waals surface area contributed by atoms with Gasteiger partial charge in [-0.2, -0.15) is 5.10 Å². The number of rotatable bonds is 3. The Bertz CT molecular complexity index is 526. The van der Waals surface area contributed by atoms with Crippen LogP contribution in [0.4, 0.5) is 5.69 Å². The summed E-state index contributed by atoms with van der Waals surface area (Å²) in [7, 11) is 0. The third kappa shape index (κ3) is 2.18. The molecule has 0 aliphatic heterocycles. The van der Waals surface area contributed by atoms with E-state index in [1.165, 1.54) is 11.3 Å². The van der Waals surface area contributed by atoms with Crippen LogP contribution in [0.25, 0.3) is 11.1 Å². The Morgan fingerprint density at radius 3 is 2.71 bits per heavy atom. The van der Waals surface area contributed by atoms with Crippen molar-refractivity contribution in [2.45, 2.75) is 33.7 Å². The van der Waals surface area contributed by atoms with Crippen LogP contribution < -0.4 is 5.73 Å². The van der Waals surface area contributed by atoms with Gasteiger partial charge in [0.2, 0.25) is 0 Å². The van der Waals surface area contributed by atoms with E-state index in [0.717, 1.165) is 29.9 Å². The molecule has 0 atom stereocenters. The first-order valence-electron chi connectivity index (χ1n) is 6.03. The van der Waals surface area contributed by atoms with E-state index in [2.05, 4.69) is 36.6 Å².